The summed E-state index contributed by atoms with van der Waals surface area (Å²) in [7, 11) is 0. The quantitative estimate of drug-likeness (QED) is 0.710. The lowest BCUT2D eigenvalue weighted by Crippen LogP contribution is -1.88. The summed E-state index contributed by atoms with van der Waals surface area (Å²) in [5.74, 6) is 0.959. The zero-order valence-electron chi connectivity index (χ0n) is 10.1. The summed E-state index contributed by atoms with van der Waals surface area (Å²) in [5, 5.41) is 5.42. The lowest BCUT2D eigenvalue weighted by molar-refractivity contribution is 0.532. The van der Waals surface area contributed by atoms with Gasteiger partial charge in [-0.15, -0.1) is 22.7 Å². The lowest BCUT2D eigenvalue weighted by atomic mass is 10.2. The Morgan fingerprint density at radius 2 is 2.22 bits per heavy atom. The number of aromatic nitrogens is 1. The molecule has 0 unspecified atom stereocenters. The Kier molecular flexibility index (Phi) is 3.30. The Morgan fingerprint density at radius 3 is 2.94 bits per heavy atom. The second-order valence-corrected chi connectivity index (χ2v) is 6.21. The zero-order valence-corrected chi connectivity index (χ0v) is 11.7. The van der Waals surface area contributed by atoms with Gasteiger partial charge in [0.05, 0.1) is 17.0 Å². The van der Waals surface area contributed by atoms with E-state index in [9.17, 15) is 0 Å². The molecule has 0 saturated carbocycles. The molecule has 0 atom stereocenters. The van der Waals surface area contributed by atoms with Gasteiger partial charge >= 0.3 is 0 Å². The van der Waals surface area contributed by atoms with Gasteiger partial charge in [0.1, 0.15) is 5.76 Å². The number of aryl methyl sites for hydroxylation is 1. The standard InChI is InChI=1S/C14H13NOS2/c1-10-5-11(8-16-10)6-14-15-12(9-18-14)7-13-3-2-4-17-13/h2-5,8-9H,6-7H2,1H3. The maximum atomic E-state index is 5.31. The minimum atomic E-state index is 0.868. The third-order valence-corrected chi connectivity index (χ3v) is 4.45. The van der Waals surface area contributed by atoms with Gasteiger partial charge in [-0.05, 0) is 30.0 Å². The molecule has 0 aliphatic heterocycles. The molecule has 4 heteroatoms. The van der Waals surface area contributed by atoms with Crippen molar-refractivity contribution in [2.24, 2.45) is 0 Å². The van der Waals surface area contributed by atoms with Gasteiger partial charge < -0.3 is 4.42 Å². The van der Waals surface area contributed by atoms with Crippen LogP contribution in [0.15, 0.2) is 39.6 Å². The predicted octanol–water partition coefficient (Wildman–Crippen LogP) is 4.29. The van der Waals surface area contributed by atoms with Crippen molar-refractivity contribution >= 4 is 22.7 Å². The zero-order chi connectivity index (χ0) is 12.4. The van der Waals surface area contributed by atoms with Crippen LogP contribution < -0.4 is 0 Å². The second kappa shape index (κ2) is 5.08. The van der Waals surface area contributed by atoms with Crippen molar-refractivity contribution in [1.82, 2.24) is 4.98 Å². The van der Waals surface area contributed by atoms with Crippen LogP contribution in [0, 0.1) is 6.92 Å². The Balaban J connectivity index is 1.69. The van der Waals surface area contributed by atoms with E-state index in [1.54, 1.807) is 22.7 Å². The van der Waals surface area contributed by atoms with Crippen molar-refractivity contribution < 1.29 is 4.42 Å². The largest absolute Gasteiger partial charge is 0.469 e. The molecule has 18 heavy (non-hydrogen) atoms. The van der Waals surface area contributed by atoms with Crippen molar-refractivity contribution in [1.29, 1.82) is 0 Å². The second-order valence-electron chi connectivity index (χ2n) is 4.23. The first kappa shape index (κ1) is 11.7. The summed E-state index contributed by atoms with van der Waals surface area (Å²) in [6.45, 7) is 1.97. The molecule has 0 fully saturated rings. The van der Waals surface area contributed by atoms with Gasteiger partial charge in [-0.3, -0.25) is 0 Å². The Morgan fingerprint density at radius 1 is 1.28 bits per heavy atom. The minimum absolute atomic E-state index is 0.868. The Hall–Kier alpha value is -1.39. The van der Waals surface area contributed by atoms with Gasteiger partial charge in [-0.1, -0.05) is 6.07 Å². The van der Waals surface area contributed by atoms with E-state index in [0.717, 1.165) is 29.3 Å². The van der Waals surface area contributed by atoms with E-state index in [0.29, 0.717) is 0 Å². The fourth-order valence-electron chi connectivity index (χ4n) is 1.87. The Labute approximate surface area is 114 Å². The van der Waals surface area contributed by atoms with Crippen LogP contribution >= 0.6 is 22.7 Å². The highest BCUT2D eigenvalue weighted by molar-refractivity contribution is 7.10. The molecule has 0 radical (unpaired) electrons. The molecule has 0 amide bonds. The highest BCUT2D eigenvalue weighted by Crippen LogP contribution is 2.20. The van der Waals surface area contributed by atoms with Crippen molar-refractivity contribution in [2.75, 3.05) is 0 Å². The molecule has 3 aromatic rings. The van der Waals surface area contributed by atoms with Crippen LogP contribution in [0.4, 0.5) is 0 Å². The first-order valence-electron chi connectivity index (χ1n) is 5.79. The van der Waals surface area contributed by atoms with Gasteiger partial charge in [0, 0.05) is 23.1 Å². The summed E-state index contributed by atoms with van der Waals surface area (Å²) >= 11 is 3.51. The van der Waals surface area contributed by atoms with Gasteiger partial charge in [-0.2, -0.15) is 0 Å². The molecular formula is C14H13NOS2. The van der Waals surface area contributed by atoms with Gasteiger partial charge in [0.15, 0.2) is 0 Å². The molecule has 92 valence electrons. The molecule has 3 aromatic heterocycles. The summed E-state index contributed by atoms with van der Waals surface area (Å²) < 4.78 is 5.31. The fourth-order valence-corrected chi connectivity index (χ4v) is 3.42. The number of nitrogens with zero attached hydrogens (tertiary/aromatic N) is 1. The van der Waals surface area contributed by atoms with E-state index < -0.39 is 0 Å². The van der Waals surface area contributed by atoms with E-state index >= 15 is 0 Å². The first-order valence-corrected chi connectivity index (χ1v) is 7.55. The lowest BCUT2D eigenvalue weighted by Gasteiger charge is -1.92. The molecule has 0 spiro atoms. The predicted molar refractivity (Wildman–Crippen MR) is 75.5 cm³/mol. The molecule has 3 rings (SSSR count). The van der Waals surface area contributed by atoms with E-state index in [2.05, 4.69) is 33.9 Å². The summed E-state index contributed by atoms with van der Waals surface area (Å²) in [4.78, 5) is 6.04. The molecule has 2 nitrogen and oxygen atoms in total. The highest BCUT2D eigenvalue weighted by Gasteiger charge is 2.06. The number of thiazole rings is 1. The van der Waals surface area contributed by atoms with Gasteiger partial charge in [-0.25, -0.2) is 4.98 Å². The summed E-state index contributed by atoms with van der Waals surface area (Å²) in [5.41, 5.74) is 2.36. The van der Waals surface area contributed by atoms with E-state index in [1.807, 2.05) is 13.2 Å². The average Bonchev–Trinajstić information content (AvgIpc) is 3.04. The summed E-state index contributed by atoms with van der Waals surface area (Å²) in [6, 6.07) is 6.31. The molecule has 0 bridgehead atoms. The smallest absolute Gasteiger partial charge is 0.100 e. The molecule has 0 aliphatic rings. The van der Waals surface area contributed by atoms with Crippen LogP contribution in [0.25, 0.3) is 0 Å². The SMILES string of the molecule is Cc1cc(Cc2nc(Cc3cccs3)cs2)co1. The number of hydrogen-bond acceptors (Lipinski definition) is 4. The van der Waals surface area contributed by atoms with Crippen LogP contribution in [-0.4, -0.2) is 4.98 Å². The molecule has 0 N–H and O–H groups in total. The fraction of sp³-hybridized carbons (Fsp3) is 0.214. The number of furan rings is 1. The van der Waals surface area contributed by atoms with Crippen LogP contribution in [0.3, 0.4) is 0 Å². The van der Waals surface area contributed by atoms with Crippen molar-refractivity contribution in [3.8, 4) is 0 Å². The number of rotatable bonds is 4. The highest BCUT2D eigenvalue weighted by atomic mass is 32.1. The minimum Gasteiger partial charge on any atom is -0.469 e. The van der Waals surface area contributed by atoms with Crippen LogP contribution in [-0.2, 0) is 12.8 Å². The molecule has 0 saturated heterocycles. The van der Waals surface area contributed by atoms with Gasteiger partial charge in [0.25, 0.3) is 0 Å². The molecule has 0 aromatic carbocycles. The van der Waals surface area contributed by atoms with Gasteiger partial charge in [0.2, 0.25) is 0 Å². The topological polar surface area (TPSA) is 26.0 Å². The number of hydrogen-bond donors (Lipinski definition) is 0. The normalized spacial score (nSPS) is 10.9. The Bertz CT molecular complexity index is 622. The molecule has 3 heterocycles. The van der Waals surface area contributed by atoms with Crippen LogP contribution in [0.2, 0.25) is 0 Å². The van der Waals surface area contributed by atoms with Crippen molar-refractivity contribution in [3.63, 3.8) is 0 Å². The van der Waals surface area contributed by atoms with Crippen LogP contribution in [0.5, 0.6) is 0 Å². The third-order valence-electron chi connectivity index (χ3n) is 2.67. The first-order chi connectivity index (χ1) is 8.79. The monoisotopic (exact) mass is 275 g/mol. The maximum Gasteiger partial charge on any atom is 0.100 e. The van der Waals surface area contributed by atoms with Crippen LogP contribution in [0.1, 0.15) is 26.9 Å². The number of thiophene rings is 1. The van der Waals surface area contributed by atoms with E-state index in [1.165, 1.54) is 10.4 Å². The summed E-state index contributed by atoms with van der Waals surface area (Å²) in [6.07, 6.45) is 3.63. The third kappa shape index (κ3) is 2.71. The van der Waals surface area contributed by atoms with E-state index in [-0.39, 0.29) is 0 Å². The average molecular weight is 275 g/mol. The molecular weight excluding hydrogens is 262 g/mol. The molecule has 0 aliphatic carbocycles. The van der Waals surface area contributed by atoms with Crippen molar-refractivity contribution in [3.05, 3.63) is 62.1 Å². The van der Waals surface area contributed by atoms with Crippen molar-refractivity contribution in [2.45, 2.75) is 19.8 Å². The maximum absolute atomic E-state index is 5.31. The van der Waals surface area contributed by atoms with E-state index in [4.69, 9.17) is 4.42 Å².